The number of rotatable bonds is 3. The smallest absolute Gasteiger partial charge is 0.504 e. The van der Waals surface area contributed by atoms with Crippen LogP contribution in [0.1, 0.15) is 0 Å². The van der Waals surface area contributed by atoms with Crippen LogP contribution < -0.4 is 10.4 Å². The second-order valence-electron chi connectivity index (χ2n) is 3.42. The van der Waals surface area contributed by atoms with Gasteiger partial charge >= 0.3 is 7.69 Å². The van der Waals surface area contributed by atoms with E-state index in [1.54, 1.807) is 24.4 Å². The number of hydrogen-bond acceptors (Lipinski definition) is 4. The van der Waals surface area contributed by atoms with Crippen molar-refractivity contribution in [2.75, 3.05) is 5.73 Å². The Balaban J connectivity index is 2.42. The number of benzene rings is 1. The van der Waals surface area contributed by atoms with E-state index in [0.29, 0.717) is 16.5 Å². The maximum absolute atomic E-state index is 8.68. The van der Waals surface area contributed by atoms with Crippen LogP contribution in [0.5, 0.6) is 5.75 Å². The van der Waals surface area contributed by atoms with Crippen LogP contribution in [0.2, 0.25) is 5.02 Å². The fraction of sp³-hybridized carbons (Fsp3) is 0. The summed E-state index contributed by atoms with van der Waals surface area (Å²) in [4.78, 5) is 4.02. The third-order valence-corrected chi connectivity index (χ3v) is 2.56. The first-order valence-corrected chi connectivity index (χ1v) is 5.32. The van der Waals surface area contributed by atoms with Crippen molar-refractivity contribution in [3.05, 3.63) is 41.7 Å². The molecule has 1 heterocycles. The highest BCUT2D eigenvalue weighted by Crippen LogP contribution is 2.30. The number of nitrogens with two attached hydrogens (primary N) is 1. The molecule has 0 atom stereocenters. The number of aromatic nitrogens is 1. The summed E-state index contributed by atoms with van der Waals surface area (Å²) in [5.74, 6) is 0.484. The Morgan fingerprint density at radius 3 is 2.82 bits per heavy atom. The van der Waals surface area contributed by atoms with Gasteiger partial charge in [0.2, 0.25) is 0 Å². The fourth-order valence-corrected chi connectivity index (χ4v) is 1.78. The number of nitrogens with zero attached hydrogens (tertiary/aromatic N) is 1. The first-order chi connectivity index (χ1) is 8.20. The molecular formula is C11H10BClN2O2. The van der Waals surface area contributed by atoms with E-state index in [4.69, 9.17) is 27.0 Å². The summed E-state index contributed by atoms with van der Waals surface area (Å²) in [6.07, 6.45) is 3.19. The van der Waals surface area contributed by atoms with Gasteiger partial charge in [-0.05, 0) is 18.2 Å². The van der Waals surface area contributed by atoms with Crippen molar-refractivity contribution < 1.29 is 9.68 Å². The largest absolute Gasteiger partial charge is 0.538 e. The third kappa shape index (κ3) is 2.69. The van der Waals surface area contributed by atoms with Gasteiger partial charge in [-0.1, -0.05) is 17.7 Å². The van der Waals surface area contributed by atoms with Gasteiger partial charge in [-0.25, -0.2) is 0 Å². The molecule has 6 heteroatoms. The Kier molecular flexibility index (Phi) is 3.51. The molecule has 3 N–H and O–H groups in total. The molecule has 0 aliphatic rings. The van der Waals surface area contributed by atoms with E-state index in [1.807, 2.05) is 6.07 Å². The maximum atomic E-state index is 8.68. The first-order valence-electron chi connectivity index (χ1n) is 4.95. The molecule has 2 aromatic rings. The van der Waals surface area contributed by atoms with Crippen LogP contribution in [0.25, 0.3) is 11.1 Å². The normalized spacial score (nSPS) is 10.0. The SMILES string of the molecule is Nc1ccc(-c2cncc(OBO)c2)c(Cl)c1. The van der Waals surface area contributed by atoms with Gasteiger partial charge in [0.25, 0.3) is 0 Å². The number of anilines is 1. The van der Waals surface area contributed by atoms with Crippen LogP contribution in [0.3, 0.4) is 0 Å². The zero-order valence-electron chi connectivity index (χ0n) is 8.93. The summed E-state index contributed by atoms with van der Waals surface area (Å²) in [5.41, 5.74) is 7.85. The molecule has 17 heavy (non-hydrogen) atoms. The van der Waals surface area contributed by atoms with Crippen molar-refractivity contribution in [1.29, 1.82) is 0 Å². The monoisotopic (exact) mass is 248 g/mol. The predicted molar refractivity (Wildman–Crippen MR) is 69.1 cm³/mol. The number of nitrogen functional groups attached to an aromatic ring is 1. The van der Waals surface area contributed by atoms with E-state index in [9.17, 15) is 0 Å². The lowest BCUT2D eigenvalue weighted by atomic mass is 10.1. The minimum atomic E-state index is -0.388. The first kappa shape index (κ1) is 11.8. The Labute approximate surface area is 104 Å². The van der Waals surface area contributed by atoms with E-state index in [1.165, 1.54) is 6.20 Å². The van der Waals surface area contributed by atoms with Gasteiger partial charge < -0.3 is 15.4 Å². The summed E-state index contributed by atoms with van der Waals surface area (Å²) in [7, 11) is -0.388. The highest BCUT2D eigenvalue weighted by atomic mass is 35.5. The average Bonchev–Trinajstić information content (AvgIpc) is 2.29. The summed E-state index contributed by atoms with van der Waals surface area (Å²) in [6, 6.07) is 7.01. The third-order valence-electron chi connectivity index (χ3n) is 2.25. The highest BCUT2D eigenvalue weighted by molar-refractivity contribution is 6.33. The summed E-state index contributed by atoms with van der Waals surface area (Å²) in [5, 5.41) is 9.23. The Bertz CT molecular complexity index is 537. The van der Waals surface area contributed by atoms with Gasteiger partial charge in [0.15, 0.2) is 0 Å². The van der Waals surface area contributed by atoms with Crippen molar-refractivity contribution >= 4 is 25.0 Å². The van der Waals surface area contributed by atoms with Crippen LogP contribution in [-0.2, 0) is 0 Å². The standard InChI is InChI=1S/C11H10BClN2O2/c13-11-4-8(14)1-2-10(11)7-3-9(17-12-16)6-15-5-7/h1-6,12,16H,14H2. The molecule has 1 aromatic carbocycles. The molecule has 4 nitrogen and oxygen atoms in total. The Morgan fingerprint density at radius 2 is 2.12 bits per heavy atom. The number of hydrogen-bond donors (Lipinski definition) is 2. The van der Waals surface area contributed by atoms with Crippen molar-refractivity contribution in [1.82, 2.24) is 4.98 Å². The maximum Gasteiger partial charge on any atom is 0.504 e. The summed E-state index contributed by atoms with van der Waals surface area (Å²) >= 11 is 6.10. The van der Waals surface area contributed by atoms with E-state index < -0.39 is 0 Å². The second kappa shape index (κ2) is 5.08. The van der Waals surface area contributed by atoms with Gasteiger partial charge in [0, 0.05) is 23.0 Å². The van der Waals surface area contributed by atoms with Gasteiger partial charge in [0.05, 0.1) is 11.2 Å². The molecule has 0 fully saturated rings. The zero-order valence-corrected chi connectivity index (χ0v) is 9.69. The molecule has 0 aliphatic carbocycles. The van der Waals surface area contributed by atoms with Crippen molar-refractivity contribution in [2.45, 2.75) is 0 Å². The van der Waals surface area contributed by atoms with E-state index in [0.717, 1.165) is 11.1 Å². The van der Waals surface area contributed by atoms with Gasteiger partial charge in [-0.3, -0.25) is 4.98 Å². The average molecular weight is 248 g/mol. The molecule has 0 aliphatic heterocycles. The second-order valence-corrected chi connectivity index (χ2v) is 3.83. The quantitative estimate of drug-likeness (QED) is 0.640. The van der Waals surface area contributed by atoms with E-state index >= 15 is 0 Å². The zero-order chi connectivity index (χ0) is 12.3. The molecule has 1 aromatic heterocycles. The van der Waals surface area contributed by atoms with E-state index in [2.05, 4.69) is 4.98 Å². The van der Waals surface area contributed by atoms with Gasteiger partial charge in [0.1, 0.15) is 5.75 Å². The minimum absolute atomic E-state index is 0.388. The molecule has 0 unspecified atom stereocenters. The van der Waals surface area contributed by atoms with Crippen LogP contribution in [0.4, 0.5) is 5.69 Å². The molecule has 86 valence electrons. The topological polar surface area (TPSA) is 68.4 Å². The van der Waals surface area contributed by atoms with Gasteiger partial charge in [-0.15, -0.1) is 0 Å². The van der Waals surface area contributed by atoms with Crippen LogP contribution in [0, 0.1) is 0 Å². The molecule has 0 bridgehead atoms. The Hall–Kier alpha value is -1.72. The van der Waals surface area contributed by atoms with E-state index in [-0.39, 0.29) is 7.69 Å². The molecule has 2 rings (SSSR count). The lowest BCUT2D eigenvalue weighted by molar-refractivity contribution is 0.453. The lowest BCUT2D eigenvalue weighted by Gasteiger charge is -2.07. The number of pyridine rings is 1. The van der Waals surface area contributed by atoms with Crippen LogP contribution in [-0.4, -0.2) is 17.7 Å². The molecule has 0 saturated carbocycles. The summed E-state index contributed by atoms with van der Waals surface area (Å²) in [6.45, 7) is 0. The molecule has 0 spiro atoms. The van der Waals surface area contributed by atoms with Crippen LogP contribution in [0.15, 0.2) is 36.7 Å². The van der Waals surface area contributed by atoms with Crippen LogP contribution >= 0.6 is 11.6 Å². The minimum Gasteiger partial charge on any atom is -0.538 e. The Morgan fingerprint density at radius 1 is 1.29 bits per heavy atom. The lowest BCUT2D eigenvalue weighted by Crippen LogP contribution is -2.00. The molecule has 0 saturated heterocycles. The molecular weight excluding hydrogens is 238 g/mol. The molecule has 0 amide bonds. The summed E-state index contributed by atoms with van der Waals surface area (Å²) < 4.78 is 4.96. The highest BCUT2D eigenvalue weighted by Gasteiger charge is 2.05. The van der Waals surface area contributed by atoms with Gasteiger partial charge in [-0.2, -0.15) is 0 Å². The van der Waals surface area contributed by atoms with Crippen molar-refractivity contribution in [2.24, 2.45) is 0 Å². The molecule has 0 radical (unpaired) electrons. The number of halogens is 1. The predicted octanol–water partition coefficient (Wildman–Crippen LogP) is 1.62. The van der Waals surface area contributed by atoms with Crippen molar-refractivity contribution in [3.8, 4) is 16.9 Å². The van der Waals surface area contributed by atoms with Crippen molar-refractivity contribution in [3.63, 3.8) is 0 Å². The fourth-order valence-electron chi connectivity index (χ4n) is 1.49.